The number of hydrogen-bond donors (Lipinski definition) is 1. The van der Waals surface area contributed by atoms with Crippen LogP contribution in [0.4, 0.5) is 5.69 Å². The van der Waals surface area contributed by atoms with Crippen molar-refractivity contribution >= 4 is 5.69 Å². The van der Waals surface area contributed by atoms with Crippen molar-refractivity contribution < 1.29 is 0 Å². The number of aromatic nitrogens is 1. The molecule has 0 amide bonds. The van der Waals surface area contributed by atoms with Gasteiger partial charge in [0.2, 0.25) is 0 Å². The average molecular weight is 205 g/mol. The number of nitrogens with zero attached hydrogens (tertiary/aromatic N) is 2. The van der Waals surface area contributed by atoms with Crippen molar-refractivity contribution in [2.75, 3.05) is 18.5 Å². The third kappa shape index (κ3) is 2.29. The molecule has 0 spiro atoms. The van der Waals surface area contributed by atoms with Gasteiger partial charge < -0.3 is 10.2 Å². The Bertz CT molecular complexity index is 320. The van der Waals surface area contributed by atoms with Crippen LogP contribution in [0.3, 0.4) is 0 Å². The predicted molar refractivity (Wildman–Crippen MR) is 63.0 cm³/mol. The summed E-state index contributed by atoms with van der Waals surface area (Å²) < 4.78 is 0. The molecule has 1 aromatic heterocycles. The van der Waals surface area contributed by atoms with Gasteiger partial charge in [-0.2, -0.15) is 0 Å². The first-order valence-electron chi connectivity index (χ1n) is 5.71. The van der Waals surface area contributed by atoms with E-state index in [1.54, 1.807) is 0 Å². The van der Waals surface area contributed by atoms with Crippen LogP contribution in [0.1, 0.15) is 25.3 Å². The predicted octanol–water partition coefficient (Wildman–Crippen LogP) is 1.79. The second-order valence-corrected chi connectivity index (χ2v) is 4.05. The van der Waals surface area contributed by atoms with E-state index in [1.165, 1.54) is 24.1 Å². The summed E-state index contributed by atoms with van der Waals surface area (Å²) in [6.07, 6.45) is 6.54. The van der Waals surface area contributed by atoms with Crippen LogP contribution < -0.4 is 10.2 Å². The lowest BCUT2D eigenvalue weighted by molar-refractivity contribution is 0.778. The smallest absolute Gasteiger partial charge is 0.0445 e. The Morgan fingerprint density at radius 3 is 2.93 bits per heavy atom. The number of pyridine rings is 1. The Kier molecular flexibility index (Phi) is 3.21. The van der Waals surface area contributed by atoms with Gasteiger partial charge in [0.15, 0.2) is 0 Å². The molecule has 82 valence electrons. The van der Waals surface area contributed by atoms with Crippen molar-refractivity contribution in [2.45, 2.75) is 32.4 Å². The van der Waals surface area contributed by atoms with Gasteiger partial charge in [-0.25, -0.2) is 0 Å². The van der Waals surface area contributed by atoms with Gasteiger partial charge in [0.05, 0.1) is 0 Å². The van der Waals surface area contributed by atoms with E-state index in [2.05, 4.69) is 28.2 Å². The van der Waals surface area contributed by atoms with Crippen molar-refractivity contribution in [3.05, 3.63) is 24.0 Å². The molecule has 1 aliphatic carbocycles. The van der Waals surface area contributed by atoms with Gasteiger partial charge in [-0.3, -0.25) is 4.98 Å². The van der Waals surface area contributed by atoms with Gasteiger partial charge in [0, 0.05) is 42.8 Å². The quantitative estimate of drug-likeness (QED) is 0.794. The van der Waals surface area contributed by atoms with E-state index in [1.807, 2.05) is 19.4 Å². The van der Waals surface area contributed by atoms with Crippen LogP contribution in [0.5, 0.6) is 0 Å². The summed E-state index contributed by atoms with van der Waals surface area (Å²) in [7, 11) is 1.98. The summed E-state index contributed by atoms with van der Waals surface area (Å²) in [5.74, 6) is 0. The van der Waals surface area contributed by atoms with E-state index < -0.39 is 0 Å². The molecule has 3 nitrogen and oxygen atoms in total. The molecule has 1 N–H and O–H groups in total. The van der Waals surface area contributed by atoms with E-state index >= 15 is 0 Å². The molecule has 1 aromatic rings. The first-order valence-corrected chi connectivity index (χ1v) is 5.71. The highest BCUT2D eigenvalue weighted by molar-refractivity contribution is 5.53. The molecular weight excluding hydrogens is 186 g/mol. The van der Waals surface area contributed by atoms with Crippen molar-refractivity contribution in [3.63, 3.8) is 0 Å². The van der Waals surface area contributed by atoms with Gasteiger partial charge in [-0.1, -0.05) is 0 Å². The molecule has 0 unspecified atom stereocenters. The summed E-state index contributed by atoms with van der Waals surface area (Å²) in [5.41, 5.74) is 2.65. The Balaban J connectivity index is 2.23. The lowest BCUT2D eigenvalue weighted by Crippen LogP contribution is -2.27. The molecule has 0 radical (unpaired) electrons. The highest BCUT2D eigenvalue weighted by Gasteiger charge is 2.29. The molecule has 0 saturated heterocycles. The van der Waals surface area contributed by atoms with Gasteiger partial charge in [-0.15, -0.1) is 0 Å². The Hall–Kier alpha value is -1.09. The monoisotopic (exact) mass is 205 g/mol. The first kappa shape index (κ1) is 10.4. The zero-order valence-corrected chi connectivity index (χ0v) is 9.53. The topological polar surface area (TPSA) is 28.2 Å². The van der Waals surface area contributed by atoms with E-state index in [0.29, 0.717) is 0 Å². The van der Waals surface area contributed by atoms with E-state index in [4.69, 9.17) is 0 Å². The third-order valence-corrected chi connectivity index (χ3v) is 2.88. The fourth-order valence-corrected chi connectivity index (χ4v) is 2.04. The molecule has 0 atom stereocenters. The summed E-state index contributed by atoms with van der Waals surface area (Å²) in [6.45, 7) is 4.21. The largest absolute Gasteiger partial charge is 0.368 e. The van der Waals surface area contributed by atoms with Crippen LogP contribution in [0.25, 0.3) is 0 Å². The van der Waals surface area contributed by atoms with Crippen LogP contribution in [-0.4, -0.2) is 24.6 Å². The summed E-state index contributed by atoms with van der Waals surface area (Å²) in [4.78, 5) is 6.69. The van der Waals surface area contributed by atoms with Crippen molar-refractivity contribution in [1.29, 1.82) is 0 Å². The second-order valence-electron chi connectivity index (χ2n) is 4.05. The van der Waals surface area contributed by atoms with Gasteiger partial charge in [0.1, 0.15) is 0 Å². The van der Waals surface area contributed by atoms with Crippen LogP contribution in [0.15, 0.2) is 18.5 Å². The van der Waals surface area contributed by atoms with Gasteiger partial charge in [-0.05, 0) is 32.9 Å². The highest BCUT2D eigenvalue weighted by atomic mass is 15.2. The summed E-state index contributed by atoms with van der Waals surface area (Å²) in [6, 6.07) is 2.90. The number of rotatable bonds is 5. The molecule has 15 heavy (non-hydrogen) atoms. The molecule has 1 saturated carbocycles. The van der Waals surface area contributed by atoms with Crippen molar-refractivity contribution in [1.82, 2.24) is 10.3 Å². The number of nitrogens with one attached hydrogen (secondary N) is 1. The lowest BCUT2D eigenvalue weighted by Gasteiger charge is -2.25. The first-order chi connectivity index (χ1) is 7.36. The maximum Gasteiger partial charge on any atom is 0.0445 e. The molecule has 3 heteroatoms. The third-order valence-electron chi connectivity index (χ3n) is 2.88. The molecule has 0 bridgehead atoms. The van der Waals surface area contributed by atoms with E-state index in [0.717, 1.165) is 19.1 Å². The van der Waals surface area contributed by atoms with Gasteiger partial charge >= 0.3 is 0 Å². The SMILES string of the molecule is CCN(c1ccncc1CNC)C1CC1. The fourth-order valence-electron chi connectivity index (χ4n) is 2.04. The number of hydrogen-bond acceptors (Lipinski definition) is 3. The standard InChI is InChI=1S/C12H19N3/c1-3-15(11-4-5-11)12-6-7-14-9-10(12)8-13-2/h6-7,9,11,13H,3-5,8H2,1-2H3. The zero-order valence-electron chi connectivity index (χ0n) is 9.53. The Morgan fingerprint density at radius 2 is 2.33 bits per heavy atom. The zero-order chi connectivity index (χ0) is 10.7. The molecule has 1 fully saturated rings. The molecule has 2 rings (SSSR count). The molecular formula is C12H19N3. The van der Waals surface area contributed by atoms with Gasteiger partial charge in [0.25, 0.3) is 0 Å². The average Bonchev–Trinajstić information content (AvgIpc) is 3.06. The molecule has 0 aromatic carbocycles. The maximum absolute atomic E-state index is 4.19. The van der Waals surface area contributed by atoms with Crippen LogP contribution >= 0.6 is 0 Å². The number of anilines is 1. The minimum atomic E-state index is 0.771. The maximum atomic E-state index is 4.19. The fraction of sp³-hybridized carbons (Fsp3) is 0.583. The lowest BCUT2D eigenvalue weighted by atomic mass is 10.2. The van der Waals surface area contributed by atoms with Crippen molar-refractivity contribution in [2.24, 2.45) is 0 Å². The Morgan fingerprint density at radius 1 is 1.53 bits per heavy atom. The normalized spacial score (nSPS) is 15.3. The highest BCUT2D eigenvalue weighted by Crippen LogP contribution is 2.32. The second kappa shape index (κ2) is 4.62. The summed E-state index contributed by atoms with van der Waals surface area (Å²) in [5, 5.41) is 3.20. The molecule has 0 aliphatic heterocycles. The van der Waals surface area contributed by atoms with Crippen LogP contribution in [-0.2, 0) is 6.54 Å². The van der Waals surface area contributed by atoms with E-state index in [-0.39, 0.29) is 0 Å². The summed E-state index contributed by atoms with van der Waals surface area (Å²) >= 11 is 0. The van der Waals surface area contributed by atoms with Crippen LogP contribution in [0, 0.1) is 0 Å². The van der Waals surface area contributed by atoms with E-state index in [9.17, 15) is 0 Å². The molecule has 1 heterocycles. The minimum absolute atomic E-state index is 0.771. The van der Waals surface area contributed by atoms with Crippen molar-refractivity contribution in [3.8, 4) is 0 Å². The molecule has 1 aliphatic rings. The van der Waals surface area contributed by atoms with Crippen LogP contribution in [0.2, 0.25) is 0 Å². The minimum Gasteiger partial charge on any atom is -0.368 e. The Labute approximate surface area is 91.5 Å².